The first-order valence-electron chi connectivity index (χ1n) is 10.2. The molecule has 0 atom stereocenters. The molecule has 1 aromatic carbocycles. The Kier molecular flexibility index (Phi) is 6.99. The Hall–Kier alpha value is -3.95. The van der Waals surface area contributed by atoms with E-state index in [4.69, 9.17) is 21.2 Å². The average Bonchev–Trinajstić information content (AvgIpc) is 3.47. The van der Waals surface area contributed by atoms with Crippen LogP contribution in [-0.4, -0.2) is 42.7 Å². The summed E-state index contributed by atoms with van der Waals surface area (Å²) in [6, 6.07) is 4.66. The molecule has 3 heterocycles. The van der Waals surface area contributed by atoms with E-state index in [1.54, 1.807) is 0 Å². The number of aliphatic hydroxyl groups excluding tert-OH is 1. The van der Waals surface area contributed by atoms with Crippen LogP contribution in [0.3, 0.4) is 0 Å². The molecule has 0 aliphatic rings. The molecule has 0 radical (unpaired) electrons. The molecule has 9 nitrogen and oxygen atoms in total. The number of rotatable bonds is 6. The minimum Gasteiger partial charge on any atom is -0.396 e. The van der Waals surface area contributed by atoms with Crippen molar-refractivity contribution in [2.45, 2.75) is 25.6 Å². The number of imidazole rings is 1. The normalized spacial score (nSPS) is 11.3. The van der Waals surface area contributed by atoms with Gasteiger partial charge in [-0.3, -0.25) is 4.79 Å². The number of nitrogens with one attached hydrogen (secondary N) is 2. The molecule has 0 bridgehead atoms. The van der Waals surface area contributed by atoms with Gasteiger partial charge in [-0.2, -0.15) is 13.2 Å². The molecule has 35 heavy (non-hydrogen) atoms. The highest BCUT2D eigenvalue weighted by molar-refractivity contribution is 6.34. The number of aromatic amines is 1. The highest BCUT2D eigenvalue weighted by Gasteiger charge is 2.30. The molecule has 4 rings (SSSR count). The number of amides is 1. The van der Waals surface area contributed by atoms with Gasteiger partial charge in [0.2, 0.25) is 0 Å². The fourth-order valence-corrected chi connectivity index (χ4v) is 3.23. The number of H-pyrrole nitrogens is 1. The van der Waals surface area contributed by atoms with Gasteiger partial charge in [0, 0.05) is 19.1 Å². The number of fused-ring (bicyclic) bond motifs is 1. The van der Waals surface area contributed by atoms with E-state index in [9.17, 15) is 18.0 Å². The molecule has 13 heteroatoms. The molecule has 0 unspecified atom stereocenters. The summed E-state index contributed by atoms with van der Waals surface area (Å²) in [6.07, 6.45) is -2.36. The Bertz CT molecular complexity index is 1440. The smallest absolute Gasteiger partial charge is 0.396 e. The van der Waals surface area contributed by atoms with Gasteiger partial charge >= 0.3 is 6.18 Å². The van der Waals surface area contributed by atoms with Crippen molar-refractivity contribution in [1.82, 2.24) is 30.4 Å². The van der Waals surface area contributed by atoms with Crippen molar-refractivity contribution in [3.63, 3.8) is 0 Å². The van der Waals surface area contributed by atoms with Gasteiger partial charge in [-0.15, -0.1) is 0 Å². The van der Waals surface area contributed by atoms with Crippen LogP contribution in [0.25, 0.3) is 22.6 Å². The molecule has 0 aliphatic carbocycles. The minimum absolute atomic E-state index is 0.0124. The Morgan fingerprint density at radius 3 is 2.86 bits per heavy atom. The Balaban J connectivity index is 1.44. The van der Waals surface area contributed by atoms with Gasteiger partial charge in [-0.25, -0.2) is 15.0 Å². The standard InChI is InChI=1S/C22H16ClF3N6O3/c23-18-15(4-2-1-3-7-33)28-11-29-19(18)21(34)27-10-13-9-17(32-35-13)20-30-14-6-5-12(22(24,25)26)8-16(14)31-20/h5-6,8-9,11,33H,1,3,7,10H2,(H,27,34)(H,30,31). The molecule has 0 saturated carbocycles. The van der Waals surface area contributed by atoms with Crippen LogP contribution in [0.4, 0.5) is 13.2 Å². The molecule has 1 amide bonds. The molecule has 0 saturated heterocycles. The second-order valence-electron chi connectivity index (χ2n) is 7.19. The lowest BCUT2D eigenvalue weighted by Gasteiger charge is -2.05. The average molecular weight is 505 g/mol. The molecular formula is C22H16ClF3N6O3. The van der Waals surface area contributed by atoms with E-state index in [0.29, 0.717) is 18.4 Å². The second kappa shape index (κ2) is 10.1. The number of aliphatic hydroxyl groups is 1. The number of alkyl halides is 3. The Morgan fingerprint density at radius 2 is 2.09 bits per heavy atom. The number of benzene rings is 1. The highest BCUT2D eigenvalue weighted by Crippen LogP contribution is 2.31. The SMILES string of the molecule is O=C(NCc1cc(-c2nc3ccc(C(F)(F)F)cc3[nH]2)no1)c1ncnc(C#CCCCO)c1Cl. The quantitative estimate of drug-likeness (QED) is 0.269. The van der Waals surface area contributed by atoms with Gasteiger partial charge in [0.1, 0.15) is 22.7 Å². The number of carbonyl (C=O) groups is 1. The van der Waals surface area contributed by atoms with Crippen molar-refractivity contribution < 1.29 is 27.6 Å². The molecule has 3 aromatic heterocycles. The third kappa shape index (κ3) is 5.59. The number of nitrogens with zero attached hydrogens (tertiary/aromatic N) is 4. The summed E-state index contributed by atoms with van der Waals surface area (Å²) in [4.78, 5) is 27.4. The number of hydrogen-bond acceptors (Lipinski definition) is 7. The second-order valence-corrected chi connectivity index (χ2v) is 7.57. The van der Waals surface area contributed by atoms with Crippen molar-refractivity contribution in [2.75, 3.05) is 6.61 Å². The maximum Gasteiger partial charge on any atom is 0.416 e. The van der Waals surface area contributed by atoms with Crippen LogP contribution in [0.2, 0.25) is 5.02 Å². The van der Waals surface area contributed by atoms with Gasteiger partial charge in [0.15, 0.2) is 17.3 Å². The van der Waals surface area contributed by atoms with E-state index < -0.39 is 17.6 Å². The number of hydrogen-bond donors (Lipinski definition) is 3. The van der Waals surface area contributed by atoms with Crippen molar-refractivity contribution >= 4 is 28.5 Å². The zero-order chi connectivity index (χ0) is 25.0. The molecular weight excluding hydrogens is 489 g/mol. The summed E-state index contributed by atoms with van der Waals surface area (Å²) in [6.45, 7) is -0.0549. The summed E-state index contributed by atoms with van der Waals surface area (Å²) >= 11 is 6.20. The van der Waals surface area contributed by atoms with Crippen molar-refractivity contribution in [3.8, 4) is 23.4 Å². The highest BCUT2D eigenvalue weighted by atomic mass is 35.5. The number of halogens is 4. The maximum absolute atomic E-state index is 12.9. The van der Waals surface area contributed by atoms with E-state index in [1.807, 2.05) is 0 Å². The number of aromatic nitrogens is 5. The van der Waals surface area contributed by atoms with Crippen molar-refractivity contribution in [2.24, 2.45) is 0 Å². The fourth-order valence-electron chi connectivity index (χ4n) is 3.00. The summed E-state index contributed by atoms with van der Waals surface area (Å²) < 4.78 is 44.0. The molecule has 0 spiro atoms. The molecule has 0 aliphatic heterocycles. The van der Waals surface area contributed by atoms with Crippen LogP contribution in [0.1, 0.15) is 40.3 Å². The van der Waals surface area contributed by atoms with E-state index in [2.05, 4.69) is 42.3 Å². The number of carbonyl (C=O) groups excluding carboxylic acids is 1. The van der Waals surface area contributed by atoms with Crippen molar-refractivity contribution in [1.29, 1.82) is 0 Å². The molecule has 180 valence electrons. The first kappa shape index (κ1) is 24.2. The van der Waals surface area contributed by atoms with Crippen LogP contribution in [0.5, 0.6) is 0 Å². The third-order valence-electron chi connectivity index (χ3n) is 4.71. The zero-order valence-corrected chi connectivity index (χ0v) is 18.5. The van der Waals surface area contributed by atoms with Gasteiger partial charge < -0.3 is 19.9 Å². The number of unbranched alkanes of at least 4 members (excludes halogenated alkanes) is 1. The van der Waals surface area contributed by atoms with E-state index >= 15 is 0 Å². The Morgan fingerprint density at radius 1 is 1.26 bits per heavy atom. The lowest BCUT2D eigenvalue weighted by molar-refractivity contribution is -0.137. The topological polar surface area (TPSA) is 130 Å². The van der Waals surface area contributed by atoms with E-state index in [-0.39, 0.29) is 52.4 Å². The predicted molar refractivity (Wildman–Crippen MR) is 118 cm³/mol. The van der Waals surface area contributed by atoms with Gasteiger partial charge in [0.05, 0.1) is 23.1 Å². The predicted octanol–water partition coefficient (Wildman–Crippen LogP) is 3.73. The van der Waals surface area contributed by atoms with Crippen LogP contribution in [-0.2, 0) is 12.7 Å². The van der Waals surface area contributed by atoms with Crippen molar-refractivity contribution in [3.05, 3.63) is 58.3 Å². The molecule has 0 fully saturated rings. The zero-order valence-electron chi connectivity index (χ0n) is 17.8. The molecule has 3 N–H and O–H groups in total. The van der Waals surface area contributed by atoms with Gasteiger partial charge in [-0.05, 0) is 30.5 Å². The maximum atomic E-state index is 12.9. The summed E-state index contributed by atoms with van der Waals surface area (Å²) in [5.41, 5.74) is 0.0858. The fraction of sp³-hybridized carbons (Fsp3) is 0.227. The lowest BCUT2D eigenvalue weighted by Crippen LogP contribution is -2.24. The minimum atomic E-state index is -4.47. The lowest BCUT2D eigenvalue weighted by atomic mass is 10.2. The summed E-state index contributed by atoms with van der Waals surface area (Å²) in [7, 11) is 0. The molecule has 4 aromatic rings. The van der Waals surface area contributed by atoms with E-state index in [0.717, 1.165) is 18.5 Å². The van der Waals surface area contributed by atoms with Crippen LogP contribution >= 0.6 is 11.6 Å². The monoisotopic (exact) mass is 504 g/mol. The van der Waals surface area contributed by atoms with Crippen LogP contribution in [0, 0.1) is 11.8 Å². The van der Waals surface area contributed by atoms with E-state index in [1.165, 1.54) is 12.1 Å². The first-order valence-corrected chi connectivity index (χ1v) is 10.6. The largest absolute Gasteiger partial charge is 0.416 e. The van der Waals surface area contributed by atoms with Gasteiger partial charge in [-0.1, -0.05) is 22.7 Å². The van der Waals surface area contributed by atoms with Crippen LogP contribution < -0.4 is 5.32 Å². The Labute approximate surface area is 200 Å². The third-order valence-corrected chi connectivity index (χ3v) is 5.06. The van der Waals surface area contributed by atoms with Crippen LogP contribution in [0.15, 0.2) is 35.1 Å². The first-order chi connectivity index (χ1) is 16.8. The summed E-state index contributed by atoms with van der Waals surface area (Å²) in [5.74, 6) is 5.41. The van der Waals surface area contributed by atoms with Gasteiger partial charge in [0.25, 0.3) is 5.91 Å². The summed E-state index contributed by atoms with van der Waals surface area (Å²) in [5, 5.41) is 15.2.